The summed E-state index contributed by atoms with van der Waals surface area (Å²) in [5.41, 5.74) is 8.08. The lowest BCUT2D eigenvalue weighted by Crippen LogP contribution is -2.08. The first-order valence-corrected chi connectivity index (χ1v) is 9.82. The Labute approximate surface area is 160 Å². The second-order valence-corrected chi connectivity index (χ2v) is 7.51. The van der Waals surface area contributed by atoms with Gasteiger partial charge in [0, 0.05) is 23.1 Å². The smallest absolute Gasteiger partial charge is 0.149 e. The van der Waals surface area contributed by atoms with Crippen molar-refractivity contribution in [2.24, 2.45) is 0 Å². The predicted molar refractivity (Wildman–Crippen MR) is 109 cm³/mol. The van der Waals surface area contributed by atoms with Crippen molar-refractivity contribution in [2.45, 2.75) is 25.3 Å². The lowest BCUT2D eigenvalue weighted by Gasteiger charge is -2.10. The van der Waals surface area contributed by atoms with Gasteiger partial charge >= 0.3 is 0 Å². The summed E-state index contributed by atoms with van der Waals surface area (Å²) in [5.74, 6) is 3.37. The normalized spacial score (nSPS) is 13.8. The Morgan fingerprint density at radius 1 is 1.07 bits per heavy atom. The Kier molecular flexibility index (Phi) is 3.94. The van der Waals surface area contributed by atoms with Crippen LogP contribution < -0.4 is 11.1 Å². The SMILES string of the molecule is Nc1ccnc(CNc2nc(C3CC3)nc3scc(-c4ccccc4)c23)n1. The second-order valence-electron chi connectivity index (χ2n) is 6.65. The van der Waals surface area contributed by atoms with Gasteiger partial charge in [-0.05, 0) is 24.5 Å². The minimum Gasteiger partial charge on any atom is -0.384 e. The quantitative estimate of drug-likeness (QED) is 0.544. The van der Waals surface area contributed by atoms with E-state index in [2.05, 4.69) is 32.8 Å². The lowest BCUT2D eigenvalue weighted by molar-refractivity contribution is 0.919. The van der Waals surface area contributed by atoms with Gasteiger partial charge in [-0.2, -0.15) is 0 Å². The van der Waals surface area contributed by atoms with Crippen LogP contribution in [0.2, 0.25) is 0 Å². The maximum Gasteiger partial charge on any atom is 0.149 e. The van der Waals surface area contributed by atoms with Crippen LogP contribution in [-0.2, 0) is 6.54 Å². The molecule has 0 saturated heterocycles. The molecule has 0 atom stereocenters. The molecular formula is C20H18N6S. The number of hydrogen-bond donors (Lipinski definition) is 2. The molecule has 1 aliphatic rings. The summed E-state index contributed by atoms with van der Waals surface area (Å²) in [7, 11) is 0. The Hall–Kier alpha value is -3.06. The van der Waals surface area contributed by atoms with Gasteiger partial charge < -0.3 is 11.1 Å². The van der Waals surface area contributed by atoms with E-state index in [1.165, 1.54) is 12.8 Å². The minimum atomic E-state index is 0.464. The van der Waals surface area contributed by atoms with Crippen molar-refractivity contribution < 1.29 is 0 Å². The third-order valence-electron chi connectivity index (χ3n) is 4.62. The van der Waals surface area contributed by atoms with E-state index in [0.717, 1.165) is 33.0 Å². The molecule has 4 aromatic rings. The number of nitrogen functional groups attached to an aromatic ring is 1. The summed E-state index contributed by atoms with van der Waals surface area (Å²) in [5, 5.41) is 6.64. The average molecular weight is 374 g/mol. The van der Waals surface area contributed by atoms with Crippen molar-refractivity contribution in [1.29, 1.82) is 0 Å². The highest BCUT2D eigenvalue weighted by Crippen LogP contribution is 2.42. The molecule has 27 heavy (non-hydrogen) atoms. The number of fused-ring (bicyclic) bond motifs is 1. The van der Waals surface area contributed by atoms with Crippen LogP contribution in [0.15, 0.2) is 48.0 Å². The molecule has 0 radical (unpaired) electrons. The molecule has 134 valence electrons. The number of rotatable bonds is 5. The molecule has 0 amide bonds. The molecule has 7 heteroatoms. The lowest BCUT2D eigenvalue weighted by atomic mass is 10.1. The van der Waals surface area contributed by atoms with E-state index in [4.69, 9.17) is 15.7 Å². The zero-order chi connectivity index (χ0) is 18.2. The zero-order valence-corrected chi connectivity index (χ0v) is 15.4. The van der Waals surface area contributed by atoms with E-state index in [1.54, 1.807) is 23.6 Å². The fraction of sp³-hybridized carbons (Fsp3) is 0.200. The van der Waals surface area contributed by atoms with Crippen LogP contribution in [0.5, 0.6) is 0 Å². The number of thiophene rings is 1. The van der Waals surface area contributed by atoms with Crippen LogP contribution in [0.1, 0.15) is 30.4 Å². The molecular weight excluding hydrogens is 356 g/mol. The van der Waals surface area contributed by atoms with Crippen molar-refractivity contribution in [3.05, 3.63) is 59.6 Å². The summed E-state index contributed by atoms with van der Waals surface area (Å²) >= 11 is 1.66. The van der Waals surface area contributed by atoms with Gasteiger partial charge in [0.15, 0.2) is 0 Å². The zero-order valence-electron chi connectivity index (χ0n) is 14.6. The molecule has 1 saturated carbocycles. The van der Waals surface area contributed by atoms with Gasteiger partial charge in [0.1, 0.15) is 28.1 Å². The van der Waals surface area contributed by atoms with Crippen LogP contribution in [0.3, 0.4) is 0 Å². The van der Waals surface area contributed by atoms with Crippen LogP contribution in [0.4, 0.5) is 11.6 Å². The van der Waals surface area contributed by atoms with E-state index in [9.17, 15) is 0 Å². The molecule has 0 unspecified atom stereocenters. The first-order valence-electron chi connectivity index (χ1n) is 8.94. The molecule has 0 spiro atoms. The maximum atomic E-state index is 5.77. The summed E-state index contributed by atoms with van der Waals surface area (Å²) in [6.07, 6.45) is 4.00. The Morgan fingerprint density at radius 2 is 1.93 bits per heavy atom. The van der Waals surface area contributed by atoms with Crippen LogP contribution >= 0.6 is 11.3 Å². The van der Waals surface area contributed by atoms with Gasteiger partial charge in [-0.3, -0.25) is 0 Å². The molecule has 1 aliphatic carbocycles. The minimum absolute atomic E-state index is 0.464. The van der Waals surface area contributed by atoms with Crippen molar-refractivity contribution in [1.82, 2.24) is 19.9 Å². The third kappa shape index (κ3) is 3.21. The highest BCUT2D eigenvalue weighted by atomic mass is 32.1. The van der Waals surface area contributed by atoms with Crippen LogP contribution in [0, 0.1) is 0 Å². The van der Waals surface area contributed by atoms with Gasteiger partial charge in [0.2, 0.25) is 0 Å². The molecule has 3 aromatic heterocycles. The van der Waals surface area contributed by atoms with E-state index >= 15 is 0 Å². The molecule has 1 fully saturated rings. The highest BCUT2D eigenvalue weighted by Gasteiger charge is 2.28. The van der Waals surface area contributed by atoms with Gasteiger partial charge in [-0.1, -0.05) is 30.3 Å². The van der Waals surface area contributed by atoms with E-state index < -0.39 is 0 Å². The van der Waals surface area contributed by atoms with Crippen LogP contribution in [-0.4, -0.2) is 19.9 Å². The molecule has 5 rings (SSSR count). The monoisotopic (exact) mass is 374 g/mol. The average Bonchev–Trinajstić information content (AvgIpc) is 3.46. The molecule has 6 nitrogen and oxygen atoms in total. The number of nitrogens with two attached hydrogens (primary N) is 1. The Bertz CT molecular complexity index is 1100. The van der Waals surface area contributed by atoms with Crippen LogP contribution in [0.25, 0.3) is 21.3 Å². The summed E-state index contributed by atoms with van der Waals surface area (Å²) < 4.78 is 0. The Morgan fingerprint density at radius 3 is 2.70 bits per heavy atom. The highest BCUT2D eigenvalue weighted by molar-refractivity contribution is 7.17. The number of hydrogen-bond acceptors (Lipinski definition) is 7. The summed E-state index contributed by atoms with van der Waals surface area (Å²) in [6, 6.07) is 12.0. The molecule has 1 aromatic carbocycles. The molecule has 0 bridgehead atoms. The third-order valence-corrected chi connectivity index (χ3v) is 5.49. The van der Waals surface area contributed by atoms with Crippen molar-refractivity contribution in [3.63, 3.8) is 0 Å². The fourth-order valence-corrected chi connectivity index (χ4v) is 4.06. The van der Waals surface area contributed by atoms with E-state index in [1.807, 2.05) is 18.2 Å². The first kappa shape index (κ1) is 16.1. The van der Waals surface area contributed by atoms with E-state index in [0.29, 0.717) is 24.1 Å². The number of benzene rings is 1. The second kappa shape index (κ2) is 6.59. The van der Waals surface area contributed by atoms with Crippen molar-refractivity contribution in [2.75, 3.05) is 11.1 Å². The Balaban J connectivity index is 1.58. The topological polar surface area (TPSA) is 89.6 Å². The van der Waals surface area contributed by atoms with Crippen molar-refractivity contribution >= 4 is 33.2 Å². The standard InChI is InChI=1S/C20H18N6S/c21-15-8-9-22-16(24-15)10-23-19-17-14(12-4-2-1-3-5-12)11-27-20(17)26-18(25-19)13-6-7-13/h1-5,8-9,11,13H,6-7,10H2,(H2,21,22,24)(H,23,25,26). The summed E-state index contributed by atoms with van der Waals surface area (Å²) in [6.45, 7) is 0.464. The number of nitrogens with one attached hydrogen (secondary N) is 1. The van der Waals surface area contributed by atoms with Gasteiger partial charge in [0.05, 0.1) is 11.9 Å². The van der Waals surface area contributed by atoms with Gasteiger partial charge in [0.25, 0.3) is 0 Å². The van der Waals surface area contributed by atoms with Crippen molar-refractivity contribution in [3.8, 4) is 11.1 Å². The number of nitrogens with zero attached hydrogens (tertiary/aromatic N) is 4. The van der Waals surface area contributed by atoms with E-state index in [-0.39, 0.29) is 0 Å². The molecule has 3 N–H and O–H groups in total. The molecule has 0 aliphatic heterocycles. The van der Waals surface area contributed by atoms with Gasteiger partial charge in [-0.25, -0.2) is 19.9 Å². The largest absolute Gasteiger partial charge is 0.384 e. The maximum absolute atomic E-state index is 5.77. The summed E-state index contributed by atoms with van der Waals surface area (Å²) in [4.78, 5) is 19.2. The first-order chi connectivity index (χ1) is 13.3. The van der Waals surface area contributed by atoms with Gasteiger partial charge in [-0.15, -0.1) is 11.3 Å². The number of anilines is 2. The number of aromatic nitrogens is 4. The molecule has 3 heterocycles. The predicted octanol–water partition coefficient (Wildman–Crippen LogP) is 4.22. The fourth-order valence-electron chi connectivity index (χ4n) is 3.10.